The van der Waals surface area contributed by atoms with Crippen molar-refractivity contribution in [3.05, 3.63) is 29.0 Å². The molecule has 1 aromatic rings. The van der Waals surface area contributed by atoms with E-state index in [9.17, 15) is 4.79 Å². The summed E-state index contributed by atoms with van der Waals surface area (Å²) in [5, 5.41) is 0.574. The Hall–Kier alpha value is -1.17. The zero-order valence-corrected chi connectivity index (χ0v) is 13.5. The zero-order chi connectivity index (χ0) is 15.7. The van der Waals surface area contributed by atoms with Crippen molar-refractivity contribution in [1.82, 2.24) is 4.98 Å². The number of aromatic nitrogens is 1. The normalized spacial score (nSPS) is 11.4. The number of unbranched alkanes of at least 4 members (excludes halogenated alkanes) is 1. The molecule has 0 saturated heterocycles. The van der Waals surface area contributed by atoms with Crippen molar-refractivity contribution in [2.45, 2.75) is 38.4 Å². The number of pyridine rings is 1. The van der Waals surface area contributed by atoms with Crippen molar-refractivity contribution in [3.8, 4) is 0 Å². The fraction of sp³-hybridized carbons (Fsp3) is 0.600. The molecule has 21 heavy (non-hydrogen) atoms. The molecular formula is C15H22ClNO4. The van der Waals surface area contributed by atoms with Gasteiger partial charge in [-0.05, 0) is 31.9 Å². The van der Waals surface area contributed by atoms with Gasteiger partial charge in [-0.2, -0.15) is 0 Å². The summed E-state index contributed by atoms with van der Waals surface area (Å²) in [5.74, 6) is -1.13. The highest BCUT2D eigenvalue weighted by Crippen LogP contribution is 2.31. The fourth-order valence-corrected chi connectivity index (χ4v) is 2.26. The summed E-state index contributed by atoms with van der Waals surface area (Å²) in [6.45, 7) is 2.20. The second-order valence-corrected chi connectivity index (χ2v) is 4.97. The Labute approximate surface area is 130 Å². The highest BCUT2D eigenvalue weighted by atomic mass is 35.5. The molecule has 0 aliphatic rings. The number of hydrogen-bond donors (Lipinski definition) is 0. The van der Waals surface area contributed by atoms with E-state index >= 15 is 0 Å². The molecule has 6 heteroatoms. The summed E-state index contributed by atoms with van der Waals surface area (Å²) in [5.41, 5.74) is 0.621. The summed E-state index contributed by atoms with van der Waals surface area (Å²) >= 11 is 5.99. The van der Waals surface area contributed by atoms with E-state index in [4.69, 9.17) is 25.8 Å². The molecule has 1 rings (SSSR count). The van der Waals surface area contributed by atoms with E-state index < -0.39 is 5.79 Å². The number of methoxy groups -OCH3 is 2. The highest BCUT2D eigenvalue weighted by Gasteiger charge is 2.33. The Morgan fingerprint density at radius 2 is 2.05 bits per heavy atom. The Balaban J connectivity index is 2.63. The lowest BCUT2D eigenvalue weighted by molar-refractivity contribution is -0.223. The Morgan fingerprint density at radius 1 is 1.33 bits per heavy atom. The molecule has 0 N–H and O–H groups in total. The summed E-state index contributed by atoms with van der Waals surface area (Å²) in [6.07, 6.45) is 4.03. The van der Waals surface area contributed by atoms with Gasteiger partial charge in [0, 0.05) is 38.3 Å². The molecule has 0 unspecified atom stereocenters. The van der Waals surface area contributed by atoms with Gasteiger partial charge in [0.15, 0.2) is 0 Å². The van der Waals surface area contributed by atoms with Gasteiger partial charge < -0.3 is 14.2 Å². The van der Waals surface area contributed by atoms with Gasteiger partial charge in [-0.15, -0.1) is 0 Å². The molecule has 0 aliphatic carbocycles. The predicted molar refractivity (Wildman–Crippen MR) is 80.0 cm³/mol. The lowest BCUT2D eigenvalue weighted by Crippen LogP contribution is -2.32. The number of esters is 1. The van der Waals surface area contributed by atoms with E-state index in [-0.39, 0.29) is 5.97 Å². The van der Waals surface area contributed by atoms with Crippen LogP contribution in [0, 0.1) is 0 Å². The quantitative estimate of drug-likeness (QED) is 0.397. The third kappa shape index (κ3) is 5.26. The van der Waals surface area contributed by atoms with Gasteiger partial charge in [-0.25, -0.2) is 0 Å². The number of carbonyl (C=O) groups is 1. The molecule has 0 saturated carbocycles. The lowest BCUT2D eigenvalue weighted by Gasteiger charge is -2.30. The maximum atomic E-state index is 11.3. The Morgan fingerprint density at radius 3 is 2.62 bits per heavy atom. The first-order valence-electron chi connectivity index (χ1n) is 6.96. The second kappa shape index (κ2) is 8.97. The molecule has 0 bridgehead atoms. The summed E-state index contributed by atoms with van der Waals surface area (Å²) in [6, 6.07) is 3.42. The molecule has 1 aromatic heterocycles. The molecule has 0 spiro atoms. The number of nitrogens with zero attached hydrogens (tertiary/aromatic N) is 1. The summed E-state index contributed by atoms with van der Waals surface area (Å²) in [7, 11) is 3.13. The fourth-order valence-electron chi connectivity index (χ4n) is 2.10. The lowest BCUT2D eigenvalue weighted by atomic mass is 10.0. The minimum absolute atomic E-state index is 0.182. The zero-order valence-electron chi connectivity index (χ0n) is 12.7. The van der Waals surface area contributed by atoms with Crippen LogP contribution in [0.15, 0.2) is 18.3 Å². The average molecular weight is 316 g/mol. The summed E-state index contributed by atoms with van der Waals surface area (Å²) < 4.78 is 15.9. The van der Waals surface area contributed by atoms with Gasteiger partial charge in [0.25, 0.3) is 0 Å². The molecule has 0 atom stereocenters. The highest BCUT2D eigenvalue weighted by molar-refractivity contribution is 6.30. The first kappa shape index (κ1) is 17.9. The van der Waals surface area contributed by atoms with E-state index in [1.807, 2.05) is 0 Å². The first-order valence-corrected chi connectivity index (χ1v) is 7.33. The molecule has 0 radical (unpaired) electrons. The minimum Gasteiger partial charge on any atom is -0.466 e. The SMILES string of the molecule is CCOC(=O)CCCCC(OC)(OC)c1cc(Cl)ccn1. The second-order valence-electron chi connectivity index (χ2n) is 4.53. The maximum Gasteiger partial charge on any atom is 0.305 e. The molecule has 0 amide bonds. The number of ether oxygens (including phenoxy) is 3. The Kier molecular flexibility index (Phi) is 7.64. The van der Waals surface area contributed by atoms with Crippen LogP contribution < -0.4 is 0 Å². The van der Waals surface area contributed by atoms with Gasteiger partial charge in [-0.1, -0.05) is 11.6 Å². The van der Waals surface area contributed by atoms with E-state index in [1.165, 1.54) is 0 Å². The van der Waals surface area contributed by atoms with E-state index in [1.54, 1.807) is 39.5 Å². The van der Waals surface area contributed by atoms with Crippen molar-refractivity contribution in [3.63, 3.8) is 0 Å². The molecule has 118 valence electrons. The Bertz CT molecular complexity index is 449. The van der Waals surface area contributed by atoms with Crippen molar-refractivity contribution >= 4 is 17.6 Å². The van der Waals surface area contributed by atoms with E-state index in [2.05, 4.69) is 4.98 Å². The largest absolute Gasteiger partial charge is 0.466 e. The smallest absolute Gasteiger partial charge is 0.305 e. The topological polar surface area (TPSA) is 57.7 Å². The minimum atomic E-state index is -0.945. The maximum absolute atomic E-state index is 11.3. The third-order valence-electron chi connectivity index (χ3n) is 3.21. The molecular weight excluding hydrogens is 294 g/mol. The van der Waals surface area contributed by atoms with Crippen LogP contribution in [-0.4, -0.2) is 31.8 Å². The standard InChI is InChI=1S/C15H22ClNO4/c1-4-21-14(18)7-5-6-9-15(19-2,20-3)13-11-12(16)8-10-17-13/h8,10-11H,4-7,9H2,1-3H3. The third-order valence-corrected chi connectivity index (χ3v) is 3.45. The van der Waals surface area contributed by atoms with Crippen molar-refractivity contribution in [2.75, 3.05) is 20.8 Å². The molecule has 0 aromatic carbocycles. The molecule has 0 aliphatic heterocycles. The van der Waals surface area contributed by atoms with Crippen LogP contribution in [0.4, 0.5) is 0 Å². The van der Waals surface area contributed by atoms with Crippen LogP contribution in [0.1, 0.15) is 38.3 Å². The summed E-state index contributed by atoms with van der Waals surface area (Å²) in [4.78, 5) is 15.6. The number of rotatable bonds is 9. The monoisotopic (exact) mass is 315 g/mol. The van der Waals surface area contributed by atoms with Gasteiger partial charge in [-0.3, -0.25) is 9.78 Å². The number of carbonyl (C=O) groups excluding carboxylic acids is 1. The van der Waals surface area contributed by atoms with E-state index in [0.29, 0.717) is 36.6 Å². The van der Waals surface area contributed by atoms with Gasteiger partial charge in [0.05, 0.1) is 6.61 Å². The van der Waals surface area contributed by atoms with Gasteiger partial charge in [0.1, 0.15) is 5.69 Å². The molecule has 1 heterocycles. The van der Waals surface area contributed by atoms with Crippen LogP contribution in [0.25, 0.3) is 0 Å². The van der Waals surface area contributed by atoms with Crippen LogP contribution in [0.5, 0.6) is 0 Å². The van der Waals surface area contributed by atoms with Crippen LogP contribution in [-0.2, 0) is 24.8 Å². The van der Waals surface area contributed by atoms with Gasteiger partial charge >= 0.3 is 5.97 Å². The van der Waals surface area contributed by atoms with Crippen LogP contribution in [0.2, 0.25) is 5.02 Å². The number of hydrogen-bond acceptors (Lipinski definition) is 5. The first-order chi connectivity index (χ1) is 10.1. The molecule has 5 nitrogen and oxygen atoms in total. The number of halogens is 1. The van der Waals surface area contributed by atoms with Crippen molar-refractivity contribution < 1.29 is 19.0 Å². The van der Waals surface area contributed by atoms with Crippen molar-refractivity contribution in [2.24, 2.45) is 0 Å². The van der Waals surface area contributed by atoms with Crippen molar-refractivity contribution in [1.29, 1.82) is 0 Å². The molecule has 0 fully saturated rings. The van der Waals surface area contributed by atoms with Gasteiger partial charge in [0.2, 0.25) is 5.79 Å². The van der Waals surface area contributed by atoms with Crippen LogP contribution >= 0.6 is 11.6 Å². The average Bonchev–Trinajstić information content (AvgIpc) is 2.48. The van der Waals surface area contributed by atoms with E-state index in [0.717, 1.165) is 6.42 Å². The van der Waals surface area contributed by atoms with Crippen LogP contribution in [0.3, 0.4) is 0 Å². The predicted octanol–water partition coefficient (Wildman–Crippen LogP) is 3.30.